The Balaban J connectivity index is 1.02. The van der Waals surface area contributed by atoms with Gasteiger partial charge in [0.1, 0.15) is 0 Å². The maximum atomic E-state index is 12.3. The van der Waals surface area contributed by atoms with E-state index in [0.717, 1.165) is 23.7 Å². The number of fused-ring (bicyclic) bond motifs is 4. The van der Waals surface area contributed by atoms with Crippen molar-refractivity contribution in [3.63, 3.8) is 0 Å². The third-order valence-corrected chi connectivity index (χ3v) is 17.8. The van der Waals surface area contributed by atoms with Crippen molar-refractivity contribution in [2.45, 2.75) is 210 Å². The molecule has 0 aromatic carbocycles. The van der Waals surface area contributed by atoms with Crippen molar-refractivity contribution in [2.75, 3.05) is 0 Å². The Bertz CT molecular complexity index is 965. The van der Waals surface area contributed by atoms with Crippen LogP contribution in [0.4, 0.5) is 0 Å². The average molecular weight is 665 g/mol. The second-order valence-corrected chi connectivity index (χ2v) is 20.0. The highest BCUT2D eigenvalue weighted by Crippen LogP contribution is 2.62. The molecule has 0 amide bonds. The normalized spacial score (nSPS) is 49.9. The maximum Gasteiger partial charge on any atom is 0.0631 e. The molecule has 0 aromatic rings. The first kappa shape index (κ1) is 33.7. The Hall–Kier alpha value is -0.160. The number of aliphatic hydroxyl groups is 2. The Morgan fingerprint density at radius 3 is 1.25 bits per heavy atom. The number of aliphatic hydroxyl groups excluding tert-OH is 2. The van der Waals surface area contributed by atoms with Crippen LogP contribution in [0.2, 0.25) is 0 Å². The lowest BCUT2D eigenvalue weighted by atomic mass is 9.47. The van der Waals surface area contributed by atoms with Crippen LogP contribution in [0.3, 0.4) is 0 Å². The zero-order valence-electron chi connectivity index (χ0n) is 30.5. The molecule has 7 saturated carbocycles. The van der Waals surface area contributed by atoms with E-state index in [9.17, 15) is 10.2 Å². The van der Waals surface area contributed by atoms with E-state index in [0.29, 0.717) is 65.3 Å². The van der Waals surface area contributed by atoms with E-state index in [2.05, 4.69) is 0 Å². The van der Waals surface area contributed by atoms with Crippen LogP contribution in [-0.2, 0) is 9.47 Å². The molecule has 11 rings (SSSR count). The molecule has 0 spiro atoms. The summed E-state index contributed by atoms with van der Waals surface area (Å²) in [4.78, 5) is 0. The van der Waals surface area contributed by atoms with Crippen molar-refractivity contribution in [2.24, 2.45) is 64.6 Å². The van der Waals surface area contributed by atoms with Crippen LogP contribution in [0.1, 0.15) is 173 Å². The summed E-state index contributed by atoms with van der Waals surface area (Å²) >= 11 is 0. The molecule has 11 aliphatic rings. The molecule has 0 radical (unpaired) electrons. The molecule has 14 unspecified atom stereocenters. The molecule has 11 fully saturated rings. The first-order valence-corrected chi connectivity index (χ1v) is 22.2. The van der Waals surface area contributed by atoms with E-state index >= 15 is 0 Å². The van der Waals surface area contributed by atoms with Crippen LogP contribution in [-0.4, -0.2) is 46.8 Å². The molecule has 4 heterocycles. The zero-order chi connectivity index (χ0) is 32.2. The topological polar surface area (TPSA) is 58.9 Å². The molecule has 48 heavy (non-hydrogen) atoms. The maximum absolute atomic E-state index is 12.3. The largest absolute Gasteiger partial charge is 0.393 e. The standard InChI is InChI=1S/C44H72O4/c45-42-32(20-30-14-16-36-26-40(30)47-36)22-34(24-38(42)28-10-4-1-5-11-28)44(18-8-3-9-19-44)35-23-33(21-31-15-17-37-27-41(31)48-37)43(46)39(25-35)29-12-6-2-7-13-29/h28-43,45-46H,1-27H2. The molecular weight excluding hydrogens is 592 g/mol. The molecule has 14 atom stereocenters. The number of hydrogen-bond donors (Lipinski definition) is 2. The lowest BCUT2D eigenvalue weighted by molar-refractivity contribution is -0.196. The highest BCUT2D eigenvalue weighted by atomic mass is 16.5. The summed E-state index contributed by atoms with van der Waals surface area (Å²) < 4.78 is 12.6. The fourth-order valence-corrected chi connectivity index (χ4v) is 15.1. The van der Waals surface area contributed by atoms with E-state index in [1.807, 2.05) is 0 Å². The van der Waals surface area contributed by atoms with E-state index in [4.69, 9.17) is 9.47 Å². The van der Waals surface area contributed by atoms with E-state index in [1.165, 1.54) is 173 Å². The summed E-state index contributed by atoms with van der Waals surface area (Å²) in [5.41, 5.74) is 0.421. The van der Waals surface area contributed by atoms with Gasteiger partial charge in [-0.25, -0.2) is 0 Å². The molecule has 7 aliphatic carbocycles. The summed E-state index contributed by atoms with van der Waals surface area (Å²) in [6.07, 6.45) is 38.1. The second-order valence-electron chi connectivity index (χ2n) is 20.0. The van der Waals surface area contributed by atoms with Gasteiger partial charge in [-0.05, 0) is 142 Å². The van der Waals surface area contributed by atoms with E-state index in [1.54, 1.807) is 0 Å². The average Bonchev–Trinajstić information content (AvgIpc) is 3.10. The van der Waals surface area contributed by atoms with Crippen LogP contribution in [0.5, 0.6) is 0 Å². The van der Waals surface area contributed by atoms with Gasteiger partial charge in [0, 0.05) is 12.8 Å². The minimum absolute atomic E-state index is 0.101. The first-order chi connectivity index (χ1) is 23.5. The second kappa shape index (κ2) is 14.3. The minimum Gasteiger partial charge on any atom is -0.393 e. The summed E-state index contributed by atoms with van der Waals surface area (Å²) in [7, 11) is 0. The third kappa shape index (κ3) is 6.42. The Morgan fingerprint density at radius 1 is 0.438 bits per heavy atom. The van der Waals surface area contributed by atoms with Crippen molar-refractivity contribution in [3.05, 3.63) is 0 Å². The van der Waals surface area contributed by atoms with Gasteiger partial charge in [0.2, 0.25) is 0 Å². The van der Waals surface area contributed by atoms with Crippen molar-refractivity contribution in [1.29, 1.82) is 0 Å². The molecule has 4 heteroatoms. The molecule has 4 bridgehead atoms. The highest BCUT2D eigenvalue weighted by molar-refractivity contribution is 5.06. The molecule has 4 nitrogen and oxygen atoms in total. The summed E-state index contributed by atoms with van der Waals surface area (Å²) in [5.74, 6) is 6.30. The van der Waals surface area contributed by atoms with Gasteiger partial charge in [-0.15, -0.1) is 0 Å². The zero-order valence-corrected chi connectivity index (χ0v) is 30.5. The van der Waals surface area contributed by atoms with E-state index < -0.39 is 0 Å². The summed E-state index contributed by atoms with van der Waals surface area (Å²) in [6, 6.07) is 0. The van der Waals surface area contributed by atoms with Crippen LogP contribution in [0.25, 0.3) is 0 Å². The summed E-state index contributed by atoms with van der Waals surface area (Å²) in [5, 5.41) is 24.7. The molecule has 0 aromatic heterocycles. The number of hydrogen-bond acceptors (Lipinski definition) is 4. The predicted octanol–water partition coefficient (Wildman–Crippen LogP) is 10.0. The van der Waals surface area contributed by atoms with Crippen molar-refractivity contribution in [1.82, 2.24) is 0 Å². The van der Waals surface area contributed by atoms with E-state index in [-0.39, 0.29) is 12.2 Å². The van der Waals surface area contributed by atoms with Crippen LogP contribution >= 0.6 is 0 Å². The summed E-state index contributed by atoms with van der Waals surface area (Å²) in [6.45, 7) is 0. The smallest absolute Gasteiger partial charge is 0.0631 e. The quantitative estimate of drug-likeness (QED) is 0.271. The van der Waals surface area contributed by atoms with Crippen LogP contribution < -0.4 is 0 Å². The lowest BCUT2D eigenvalue weighted by Gasteiger charge is -2.59. The van der Waals surface area contributed by atoms with Crippen molar-refractivity contribution in [3.8, 4) is 0 Å². The predicted molar refractivity (Wildman–Crippen MR) is 191 cm³/mol. The first-order valence-electron chi connectivity index (χ1n) is 22.2. The fraction of sp³-hybridized carbons (Fsp3) is 1.00. The van der Waals surface area contributed by atoms with Crippen molar-refractivity contribution < 1.29 is 19.7 Å². The van der Waals surface area contributed by atoms with Gasteiger partial charge in [-0.2, -0.15) is 0 Å². The van der Waals surface area contributed by atoms with Crippen molar-refractivity contribution >= 4 is 0 Å². The monoisotopic (exact) mass is 665 g/mol. The van der Waals surface area contributed by atoms with Gasteiger partial charge in [-0.1, -0.05) is 83.5 Å². The molecule has 4 saturated heterocycles. The highest BCUT2D eigenvalue weighted by Gasteiger charge is 2.56. The number of rotatable bonds is 8. The van der Waals surface area contributed by atoms with Gasteiger partial charge < -0.3 is 19.7 Å². The third-order valence-electron chi connectivity index (χ3n) is 17.8. The Kier molecular flexibility index (Phi) is 10.1. The van der Waals surface area contributed by atoms with Gasteiger partial charge in [0.15, 0.2) is 0 Å². The SMILES string of the molecule is OC1C(CC2CCC3CC2O3)CC(C2(C3CC(CC4CCC5CC4O5)C(O)C(C4CCCCC4)C3)CCCCC2)CC1C1CCCCC1. The van der Waals surface area contributed by atoms with Gasteiger partial charge in [0.25, 0.3) is 0 Å². The molecular formula is C44H72O4. The Labute approximate surface area is 293 Å². The van der Waals surface area contributed by atoms with Crippen LogP contribution in [0, 0.1) is 64.6 Å². The molecule has 4 aliphatic heterocycles. The fourth-order valence-electron chi connectivity index (χ4n) is 15.1. The molecule has 2 N–H and O–H groups in total. The van der Waals surface area contributed by atoms with Gasteiger partial charge >= 0.3 is 0 Å². The molecule has 272 valence electrons. The van der Waals surface area contributed by atoms with Gasteiger partial charge in [0.05, 0.1) is 36.6 Å². The minimum atomic E-state index is -0.101. The van der Waals surface area contributed by atoms with Crippen LogP contribution in [0.15, 0.2) is 0 Å². The van der Waals surface area contributed by atoms with Gasteiger partial charge in [-0.3, -0.25) is 0 Å². The number of ether oxygens (including phenoxy) is 2. The Morgan fingerprint density at radius 2 is 0.854 bits per heavy atom. The lowest BCUT2D eigenvalue weighted by Crippen LogP contribution is -2.54.